The lowest BCUT2D eigenvalue weighted by Crippen LogP contribution is -2.24. The molecular formula is C12H19N3. The fourth-order valence-corrected chi connectivity index (χ4v) is 2.22. The van der Waals surface area contributed by atoms with Crippen LogP contribution in [0.15, 0.2) is 18.2 Å². The molecule has 0 spiro atoms. The molecule has 3 nitrogen and oxygen atoms in total. The molecule has 1 aromatic carbocycles. The van der Waals surface area contributed by atoms with Gasteiger partial charge in [-0.2, -0.15) is 0 Å². The third-order valence-corrected chi connectivity index (χ3v) is 3.22. The first-order valence-electron chi connectivity index (χ1n) is 5.47. The molecule has 0 saturated carbocycles. The van der Waals surface area contributed by atoms with Gasteiger partial charge in [-0.25, -0.2) is 0 Å². The number of benzene rings is 1. The largest absolute Gasteiger partial charge is 0.374 e. The number of nitrogens with one attached hydrogen (secondary N) is 1. The third-order valence-electron chi connectivity index (χ3n) is 3.22. The highest BCUT2D eigenvalue weighted by Crippen LogP contribution is 2.28. The Hall–Kier alpha value is -1.06. The quantitative estimate of drug-likeness (QED) is 0.770. The summed E-state index contributed by atoms with van der Waals surface area (Å²) in [7, 11) is 4.10. The maximum Gasteiger partial charge on any atom is 0.0442 e. The lowest BCUT2D eigenvalue weighted by atomic mass is 10.0. The summed E-state index contributed by atoms with van der Waals surface area (Å²) in [6, 6.07) is 6.94. The molecule has 0 aromatic heterocycles. The van der Waals surface area contributed by atoms with E-state index >= 15 is 0 Å². The van der Waals surface area contributed by atoms with Gasteiger partial charge in [0.25, 0.3) is 0 Å². The summed E-state index contributed by atoms with van der Waals surface area (Å²) in [5.41, 5.74) is 9.83. The van der Waals surface area contributed by atoms with Gasteiger partial charge in [-0.15, -0.1) is 0 Å². The Balaban J connectivity index is 2.30. The van der Waals surface area contributed by atoms with Crippen molar-refractivity contribution in [3.8, 4) is 0 Å². The van der Waals surface area contributed by atoms with E-state index in [0.717, 1.165) is 13.0 Å². The molecule has 2 rings (SSSR count). The maximum absolute atomic E-state index is 5.71. The van der Waals surface area contributed by atoms with Crippen LogP contribution in [0, 0.1) is 0 Å². The van der Waals surface area contributed by atoms with E-state index in [2.05, 4.69) is 35.5 Å². The predicted octanol–water partition coefficient (Wildman–Crippen LogP) is 0.898. The minimum absolute atomic E-state index is 0.279. The number of anilines is 1. The first-order valence-corrected chi connectivity index (χ1v) is 5.47. The van der Waals surface area contributed by atoms with E-state index in [0.29, 0.717) is 6.54 Å². The summed E-state index contributed by atoms with van der Waals surface area (Å²) in [6.45, 7) is 1.77. The highest BCUT2D eigenvalue weighted by atomic mass is 15.1. The van der Waals surface area contributed by atoms with Crippen LogP contribution in [0.5, 0.6) is 0 Å². The number of rotatable bonds is 3. The van der Waals surface area contributed by atoms with Crippen molar-refractivity contribution in [1.82, 2.24) is 5.32 Å². The van der Waals surface area contributed by atoms with Gasteiger partial charge in [0.15, 0.2) is 0 Å². The minimum Gasteiger partial charge on any atom is -0.374 e. The van der Waals surface area contributed by atoms with Gasteiger partial charge >= 0.3 is 0 Å². The van der Waals surface area contributed by atoms with E-state index in [1.165, 1.54) is 16.8 Å². The molecule has 82 valence electrons. The normalized spacial score (nSPS) is 16.6. The molecule has 1 aliphatic rings. The van der Waals surface area contributed by atoms with E-state index in [-0.39, 0.29) is 6.04 Å². The molecule has 3 N–H and O–H groups in total. The summed E-state index contributed by atoms with van der Waals surface area (Å²) in [5, 5.41) is 3.23. The molecule has 0 aliphatic carbocycles. The van der Waals surface area contributed by atoms with Crippen LogP contribution in [0.25, 0.3) is 0 Å². The average molecular weight is 205 g/mol. The Morgan fingerprint density at radius 2 is 2.33 bits per heavy atom. The number of likely N-dealkylation sites (N-methyl/N-ethyl adjacent to an activating group) is 2. The number of nitrogens with two attached hydrogens (primary N) is 1. The van der Waals surface area contributed by atoms with Crippen LogP contribution < -0.4 is 16.0 Å². The first kappa shape index (κ1) is 10.5. The lowest BCUT2D eigenvalue weighted by molar-refractivity contribution is 0.605. The zero-order valence-corrected chi connectivity index (χ0v) is 9.46. The van der Waals surface area contributed by atoms with Gasteiger partial charge in [-0.3, -0.25) is 0 Å². The molecule has 1 aliphatic heterocycles. The van der Waals surface area contributed by atoms with Crippen molar-refractivity contribution in [3.63, 3.8) is 0 Å². The zero-order chi connectivity index (χ0) is 10.8. The number of fused-ring (bicyclic) bond motifs is 1. The summed E-state index contributed by atoms with van der Waals surface area (Å²) in [6.07, 6.45) is 1.15. The molecule has 0 amide bonds. The summed E-state index contributed by atoms with van der Waals surface area (Å²) in [5.74, 6) is 0. The molecule has 3 heteroatoms. The van der Waals surface area contributed by atoms with Crippen molar-refractivity contribution in [1.29, 1.82) is 0 Å². The fraction of sp³-hybridized carbons (Fsp3) is 0.500. The molecule has 0 fully saturated rings. The number of nitrogens with zero attached hydrogens (tertiary/aromatic N) is 1. The van der Waals surface area contributed by atoms with Crippen molar-refractivity contribution in [2.24, 2.45) is 5.73 Å². The molecule has 1 heterocycles. The maximum atomic E-state index is 5.71. The molecular weight excluding hydrogens is 186 g/mol. The Morgan fingerprint density at radius 1 is 1.53 bits per heavy atom. The standard InChI is InChI=1S/C12H19N3/c1-14-11(8-13)9-3-4-12-10(7-9)5-6-15(12)2/h3-4,7,11,14H,5-6,8,13H2,1-2H3. The Labute approximate surface area is 91.3 Å². The number of hydrogen-bond donors (Lipinski definition) is 2. The van der Waals surface area contributed by atoms with E-state index in [9.17, 15) is 0 Å². The van der Waals surface area contributed by atoms with Crippen molar-refractivity contribution >= 4 is 5.69 Å². The van der Waals surface area contributed by atoms with E-state index in [4.69, 9.17) is 5.73 Å². The molecule has 1 unspecified atom stereocenters. The van der Waals surface area contributed by atoms with Crippen LogP contribution in [-0.2, 0) is 6.42 Å². The Morgan fingerprint density at radius 3 is 3.00 bits per heavy atom. The van der Waals surface area contributed by atoms with Crippen LogP contribution in [0.3, 0.4) is 0 Å². The molecule has 1 atom stereocenters. The van der Waals surface area contributed by atoms with E-state index in [1.54, 1.807) is 0 Å². The van der Waals surface area contributed by atoms with Crippen molar-refractivity contribution in [2.75, 3.05) is 32.1 Å². The van der Waals surface area contributed by atoms with Crippen molar-refractivity contribution < 1.29 is 0 Å². The van der Waals surface area contributed by atoms with Gasteiger partial charge in [0.1, 0.15) is 0 Å². The summed E-state index contributed by atoms with van der Waals surface area (Å²) >= 11 is 0. The minimum atomic E-state index is 0.279. The SMILES string of the molecule is CNC(CN)c1ccc2c(c1)CCN2C. The molecule has 15 heavy (non-hydrogen) atoms. The van der Waals surface area contributed by atoms with Crippen LogP contribution in [0.4, 0.5) is 5.69 Å². The predicted molar refractivity (Wildman–Crippen MR) is 64.3 cm³/mol. The number of hydrogen-bond acceptors (Lipinski definition) is 3. The molecule has 0 saturated heterocycles. The van der Waals surface area contributed by atoms with Crippen molar-refractivity contribution in [2.45, 2.75) is 12.5 Å². The van der Waals surface area contributed by atoms with E-state index < -0.39 is 0 Å². The van der Waals surface area contributed by atoms with Gasteiger partial charge in [-0.05, 0) is 30.7 Å². The zero-order valence-electron chi connectivity index (χ0n) is 9.46. The summed E-state index contributed by atoms with van der Waals surface area (Å²) in [4.78, 5) is 2.30. The highest BCUT2D eigenvalue weighted by Gasteiger charge is 2.17. The van der Waals surface area contributed by atoms with Crippen LogP contribution >= 0.6 is 0 Å². The monoisotopic (exact) mass is 205 g/mol. The van der Waals surface area contributed by atoms with E-state index in [1.807, 2.05) is 7.05 Å². The fourth-order valence-electron chi connectivity index (χ4n) is 2.22. The second-order valence-electron chi connectivity index (χ2n) is 4.14. The lowest BCUT2D eigenvalue weighted by Gasteiger charge is -2.16. The topological polar surface area (TPSA) is 41.3 Å². The van der Waals surface area contributed by atoms with Crippen LogP contribution in [0.2, 0.25) is 0 Å². The summed E-state index contributed by atoms with van der Waals surface area (Å²) < 4.78 is 0. The van der Waals surface area contributed by atoms with Gasteiger partial charge in [0.05, 0.1) is 0 Å². The third kappa shape index (κ3) is 1.85. The van der Waals surface area contributed by atoms with Gasteiger partial charge in [-0.1, -0.05) is 12.1 Å². The molecule has 1 aromatic rings. The second-order valence-corrected chi connectivity index (χ2v) is 4.14. The van der Waals surface area contributed by atoms with Crippen LogP contribution in [0.1, 0.15) is 17.2 Å². The van der Waals surface area contributed by atoms with Crippen molar-refractivity contribution in [3.05, 3.63) is 29.3 Å². The molecule has 0 radical (unpaired) electrons. The van der Waals surface area contributed by atoms with Crippen LogP contribution in [-0.4, -0.2) is 27.2 Å². The van der Waals surface area contributed by atoms with Gasteiger partial charge in [0.2, 0.25) is 0 Å². The Bertz CT molecular complexity index is 345. The second kappa shape index (κ2) is 4.21. The van der Waals surface area contributed by atoms with Gasteiger partial charge < -0.3 is 16.0 Å². The molecule has 0 bridgehead atoms. The smallest absolute Gasteiger partial charge is 0.0442 e. The highest BCUT2D eigenvalue weighted by molar-refractivity contribution is 5.58. The average Bonchev–Trinajstić information content (AvgIpc) is 2.62. The first-order chi connectivity index (χ1) is 7.26. The Kier molecular flexibility index (Phi) is 2.93. The van der Waals surface area contributed by atoms with Gasteiger partial charge in [0, 0.05) is 31.9 Å².